The van der Waals surface area contributed by atoms with Crippen LogP contribution in [0.5, 0.6) is 0 Å². The zero-order chi connectivity index (χ0) is 19.7. The van der Waals surface area contributed by atoms with Gasteiger partial charge in [-0.05, 0) is 37.1 Å². The summed E-state index contributed by atoms with van der Waals surface area (Å²) >= 11 is 0. The lowest BCUT2D eigenvalue weighted by molar-refractivity contribution is -0.114. The SMILES string of the molecule is NC(=O)C1=CC(F)=C(N[C@@H]2CCCCC2N)NC1Nc1ccc2[nH]ncc2c1. The van der Waals surface area contributed by atoms with Crippen molar-refractivity contribution in [3.8, 4) is 0 Å². The fraction of sp³-hybridized carbons (Fsp3) is 0.368. The molecule has 3 atom stereocenters. The van der Waals surface area contributed by atoms with E-state index in [-0.39, 0.29) is 23.5 Å². The van der Waals surface area contributed by atoms with E-state index in [0.717, 1.165) is 42.3 Å². The summed E-state index contributed by atoms with van der Waals surface area (Å²) in [4.78, 5) is 11.8. The normalized spacial score (nSPS) is 25.2. The molecule has 8 N–H and O–H groups in total. The number of dihydropyridines is 1. The van der Waals surface area contributed by atoms with Crippen molar-refractivity contribution in [3.05, 3.63) is 47.7 Å². The molecule has 0 radical (unpaired) electrons. The van der Waals surface area contributed by atoms with Crippen LogP contribution in [0.25, 0.3) is 10.9 Å². The van der Waals surface area contributed by atoms with Gasteiger partial charge < -0.3 is 27.4 Å². The average Bonchev–Trinajstić information content (AvgIpc) is 3.13. The Morgan fingerprint density at radius 2 is 2.07 bits per heavy atom. The van der Waals surface area contributed by atoms with Crippen LogP contribution in [0.2, 0.25) is 0 Å². The highest BCUT2D eigenvalue weighted by atomic mass is 19.1. The third-order valence-corrected chi connectivity index (χ3v) is 5.31. The van der Waals surface area contributed by atoms with Crippen molar-refractivity contribution in [2.45, 2.75) is 43.9 Å². The van der Waals surface area contributed by atoms with E-state index in [1.165, 1.54) is 6.08 Å². The van der Waals surface area contributed by atoms with Gasteiger partial charge in [0, 0.05) is 23.2 Å². The molecule has 2 unspecified atom stereocenters. The molecule has 2 aliphatic rings. The lowest BCUT2D eigenvalue weighted by Crippen LogP contribution is -2.53. The van der Waals surface area contributed by atoms with Crippen LogP contribution in [-0.4, -0.2) is 34.4 Å². The summed E-state index contributed by atoms with van der Waals surface area (Å²) in [5, 5.41) is 17.2. The van der Waals surface area contributed by atoms with Crippen LogP contribution in [0.4, 0.5) is 10.1 Å². The van der Waals surface area contributed by atoms with Gasteiger partial charge in [0.2, 0.25) is 5.91 Å². The van der Waals surface area contributed by atoms with E-state index in [9.17, 15) is 9.18 Å². The number of nitrogens with one attached hydrogen (secondary N) is 4. The summed E-state index contributed by atoms with van der Waals surface area (Å²) in [6.07, 6.45) is 6.11. The lowest BCUT2D eigenvalue weighted by Gasteiger charge is -2.34. The van der Waals surface area contributed by atoms with Crippen molar-refractivity contribution >= 4 is 22.5 Å². The molecule has 0 saturated heterocycles. The Morgan fingerprint density at radius 3 is 2.86 bits per heavy atom. The Bertz CT molecular complexity index is 951. The average molecular weight is 385 g/mol. The lowest BCUT2D eigenvalue weighted by atomic mass is 9.91. The maximum atomic E-state index is 14.6. The molecule has 148 valence electrons. The van der Waals surface area contributed by atoms with E-state index in [2.05, 4.69) is 26.1 Å². The Labute approximate surface area is 161 Å². The van der Waals surface area contributed by atoms with Crippen molar-refractivity contribution in [1.82, 2.24) is 20.8 Å². The van der Waals surface area contributed by atoms with Crippen molar-refractivity contribution in [2.24, 2.45) is 11.5 Å². The third kappa shape index (κ3) is 3.65. The number of primary amides is 1. The van der Waals surface area contributed by atoms with Gasteiger partial charge >= 0.3 is 0 Å². The number of amides is 1. The summed E-state index contributed by atoms with van der Waals surface area (Å²) in [7, 11) is 0. The molecule has 1 aliphatic heterocycles. The Kier molecular flexibility index (Phi) is 4.91. The number of rotatable bonds is 5. The zero-order valence-corrected chi connectivity index (χ0v) is 15.3. The van der Waals surface area contributed by atoms with Crippen LogP contribution in [0.1, 0.15) is 25.7 Å². The van der Waals surface area contributed by atoms with Crippen LogP contribution in [0.3, 0.4) is 0 Å². The van der Waals surface area contributed by atoms with E-state index in [1.54, 1.807) is 6.20 Å². The van der Waals surface area contributed by atoms with E-state index < -0.39 is 17.9 Å². The van der Waals surface area contributed by atoms with E-state index >= 15 is 0 Å². The van der Waals surface area contributed by atoms with Crippen LogP contribution >= 0.6 is 0 Å². The van der Waals surface area contributed by atoms with Crippen LogP contribution in [0.15, 0.2) is 47.7 Å². The molecule has 4 rings (SSSR count). The Hall–Kier alpha value is -3.07. The van der Waals surface area contributed by atoms with Gasteiger partial charge in [-0.15, -0.1) is 0 Å². The molecular formula is C19H24FN7O. The van der Waals surface area contributed by atoms with Gasteiger partial charge in [-0.25, -0.2) is 4.39 Å². The highest BCUT2D eigenvalue weighted by Crippen LogP contribution is 2.24. The van der Waals surface area contributed by atoms with Gasteiger partial charge in [-0.2, -0.15) is 5.10 Å². The summed E-state index contributed by atoms with van der Waals surface area (Å²) in [5.41, 5.74) is 13.4. The maximum Gasteiger partial charge on any atom is 0.248 e. The topological polar surface area (TPSA) is 134 Å². The molecule has 9 heteroatoms. The number of nitrogens with zero attached hydrogens (tertiary/aromatic N) is 1. The second-order valence-corrected chi connectivity index (χ2v) is 7.28. The minimum Gasteiger partial charge on any atom is -0.366 e. The maximum absolute atomic E-state index is 14.6. The van der Waals surface area contributed by atoms with E-state index in [0.29, 0.717) is 0 Å². The van der Waals surface area contributed by atoms with Gasteiger partial charge in [-0.3, -0.25) is 9.89 Å². The molecule has 0 spiro atoms. The molecule has 1 aliphatic carbocycles. The number of allylic oxidation sites excluding steroid dienone is 2. The number of carbonyl (C=O) groups excluding carboxylic acids is 1. The Balaban J connectivity index is 1.56. The number of nitrogens with two attached hydrogens (primary N) is 2. The summed E-state index contributed by atoms with van der Waals surface area (Å²) in [6, 6.07) is 5.55. The smallest absolute Gasteiger partial charge is 0.248 e. The number of aromatic amines is 1. The van der Waals surface area contributed by atoms with Crippen molar-refractivity contribution < 1.29 is 9.18 Å². The molecule has 0 bridgehead atoms. The highest BCUT2D eigenvalue weighted by Gasteiger charge is 2.29. The molecule has 28 heavy (non-hydrogen) atoms. The quantitative estimate of drug-likeness (QED) is 0.460. The molecule has 1 amide bonds. The second-order valence-electron chi connectivity index (χ2n) is 7.28. The molecule has 2 aromatic rings. The predicted molar refractivity (Wildman–Crippen MR) is 105 cm³/mol. The molecule has 1 aromatic carbocycles. The fourth-order valence-electron chi connectivity index (χ4n) is 3.74. The standard InChI is InChI=1S/C19H24FN7O/c20-13-8-12(17(22)28)18(24-11-5-6-15-10(7-11)9-23-27-15)26-19(13)25-16-4-2-1-3-14(16)21/h5-9,14,16,18,24-26H,1-4,21H2,(H2,22,28)(H,23,27)/t14?,16-,18?/m1/s1. The summed E-state index contributed by atoms with van der Waals surface area (Å²) < 4.78 is 14.6. The molecule has 1 fully saturated rings. The minimum atomic E-state index is -0.696. The molecule has 1 saturated carbocycles. The largest absolute Gasteiger partial charge is 0.366 e. The fourth-order valence-corrected chi connectivity index (χ4v) is 3.74. The van der Waals surface area contributed by atoms with Gasteiger partial charge in [0.05, 0.1) is 17.3 Å². The van der Waals surface area contributed by atoms with Gasteiger partial charge in [0.1, 0.15) is 12.0 Å². The summed E-state index contributed by atoms with van der Waals surface area (Å²) in [6.45, 7) is 0. The van der Waals surface area contributed by atoms with Gasteiger partial charge in [-0.1, -0.05) is 12.8 Å². The number of aromatic nitrogens is 2. The first-order valence-corrected chi connectivity index (χ1v) is 9.41. The second kappa shape index (κ2) is 7.51. The number of anilines is 1. The van der Waals surface area contributed by atoms with Gasteiger partial charge in [0.15, 0.2) is 5.83 Å². The molecule has 2 heterocycles. The first kappa shape index (κ1) is 18.3. The molecule has 1 aromatic heterocycles. The van der Waals surface area contributed by atoms with Crippen LogP contribution in [-0.2, 0) is 4.79 Å². The monoisotopic (exact) mass is 385 g/mol. The molecule has 8 nitrogen and oxygen atoms in total. The number of fused-ring (bicyclic) bond motifs is 1. The number of hydrogen-bond donors (Lipinski definition) is 6. The van der Waals surface area contributed by atoms with Crippen molar-refractivity contribution in [2.75, 3.05) is 5.32 Å². The van der Waals surface area contributed by atoms with Crippen LogP contribution < -0.4 is 27.4 Å². The first-order chi connectivity index (χ1) is 13.5. The minimum absolute atomic E-state index is 0.0199. The third-order valence-electron chi connectivity index (χ3n) is 5.31. The highest BCUT2D eigenvalue weighted by molar-refractivity contribution is 5.94. The first-order valence-electron chi connectivity index (χ1n) is 9.41. The van der Waals surface area contributed by atoms with Crippen molar-refractivity contribution in [1.29, 1.82) is 0 Å². The number of carbonyl (C=O) groups is 1. The van der Waals surface area contributed by atoms with E-state index in [1.807, 2.05) is 18.2 Å². The number of halogens is 1. The number of H-pyrrole nitrogens is 1. The van der Waals surface area contributed by atoms with Crippen molar-refractivity contribution in [3.63, 3.8) is 0 Å². The van der Waals surface area contributed by atoms with Crippen LogP contribution in [0, 0.1) is 0 Å². The zero-order valence-electron chi connectivity index (χ0n) is 15.3. The molecular weight excluding hydrogens is 361 g/mol. The van der Waals surface area contributed by atoms with E-state index in [4.69, 9.17) is 11.5 Å². The predicted octanol–water partition coefficient (Wildman–Crippen LogP) is 1.31. The van der Waals surface area contributed by atoms with Gasteiger partial charge in [0.25, 0.3) is 0 Å². The number of benzene rings is 1. The summed E-state index contributed by atoms with van der Waals surface area (Å²) in [5.74, 6) is -1.04. The number of hydrogen-bond acceptors (Lipinski definition) is 6. The Morgan fingerprint density at radius 1 is 1.25 bits per heavy atom.